The SMILES string of the molecule is CCN(CC(=O)Nc1ccccc1OC)CC(=O)NN1C(=O)NC(C)(c2cccc(OC)c2)C1=O. The summed E-state index contributed by atoms with van der Waals surface area (Å²) in [6.45, 7) is 3.44. The van der Waals surface area contributed by atoms with Gasteiger partial charge in [0.25, 0.3) is 11.8 Å². The van der Waals surface area contributed by atoms with Crippen LogP contribution in [0, 0.1) is 0 Å². The molecule has 1 atom stereocenters. The van der Waals surface area contributed by atoms with Crippen LogP contribution in [0.15, 0.2) is 48.5 Å². The van der Waals surface area contributed by atoms with E-state index in [0.29, 0.717) is 34.3 Å². The first-order valence-corrected chi connectivity index (χ1v) is 11.0. The summed E-state index contributed by atoms with van der Waals surface area (Å²) in [6, 6.07) is 13.0. The van der Waals surface area contributed by atoms with Crippen molar-refractivity contribution >= 4 is 29.4 Å². The van der Waals surface area contributed by atoms with E-state index in [-0.39, 0.29) is 19.0 Å². The summed E-state index contributed by atoms with van der Waals surface area (Å²) >= 11 is 0. The molecule has 2 aromatic rings. The van der Waals surface area contributed by atoms with Crippen molar-refractivity contribution in [3.63, 3.8) is 0 Å². The Morgan fingerprint density at radius 1 is 1.03 bits per heavy atom. The quantitative estimate of drug-likeness (QED) is 0.436. The molecule has 35 heavy (non-hydrogen) atoms. The van der Waals surface area contributed by atoms with E-state index in [1.54, 1.807) is 67.3 Å². The molecule has 1 fully saturated rings. The van der Waals surface area contributed by atoms with Gasteiger partial charge in [0, 0.05) is 0 Å². The fraction of sp³-hybridized carbons (Fsp3) is 0.333. The van der Waals surface area contributed by atoms with Crippen LogP contribution in [0.2, 0.25) is 0 Å². The number of rotatable bonds is 10. The Kier molecular flexibility index (Phi) is 7.92. The molecule has 0 bridgehead atoms. The average Bonchev–Trinajstić information content (AvgIpc) is 3.07. The number of urea groups is 1. The van der Waals surface area contributed by atoms with E-state index in [1.165, 1.54) is 14.2 Å². The molecule has 1 unspecified atom stereocenters. The maximum atomic E-state index is 13.1. The van der Waals surface area contributed by atoms with Crippen molar-refractivity contribution in [1.82, 2.24) is 20.7 Å². The number of hydrazine groups is 1. The number of amides is 5. The summed E-state index contributed by atoms with van der Waals surface area (Å²) in [4.78, 5) is 52.3. The van der Waals surface area contributed by atoms with E-state index in [2.05, 4.69) is 16.1 Å². The number of likely N-dealkylation sites (N-methyl/N-ethyl adjacent to an activating group) is 1. The van der Waals surface area contributed by atoms with Crippen molar-refractivity contribution in [2.75, 3.05) is 39.2 Å². The minimum atomic E-state index is -1.38. The van der Waals surface area contributed by atoms with Crippen LogP contribution >= 0.6 is 0 Å². The zero-order valence-corrected chi connectivity index (χ0v) is 20.1. The summed E-state index contributed by atoms with van der Waals surface area (Å²) in [7, 11) is 3.00. The highest BCUT2D eigenvalue weighted by Gasteiger charge is 2.50. The fourth-order valence-corrected chi connectivity index (χ4v) is 3.65. The predicted octanol–water partition coefficient (Wildman–Crippen LogP) is 1.46. The monoisotopic (exact) mass is 483 g/mol. The van der Waals surface area contributed by atoms with Crippen LogP contribution in [-0.4, -0.2) is 67.5 Å². The van der Waals surface area contributed by atoms with Crippen molar-refractivity contribution < 1.29 is 28.7 Å². The molecule has 11 nitrogen and oxygen atoms in total. The molecule has 1 heterocycles. The van der Waals surface area contributed by atoms with Gasteiger partial charge in [-0.05, 0) is 43.3 Å². The molecule has 186 valence electrons. The minimum absolute atomic E-state index is 0.0797. The van der Waals surface area contributed by atoms with Crippen molar-refractivity contribution in [2.24, 2.45) is 0 Å². The molecule has 1 aliphatic heterocycles. The van der Waals surface area contributed by atoms with Crippen LogP contribution in [0.25, 0.3) is 0 Å². The highest BCUT2D eigenvalue weighted by Crippen LogP contribution is 2.30. The van der Waals surface area contributed by atoms with Crippen LogP contribution in [0.4, 0.5) is 10.5 Å². The molecule has 3 rings (SSSR count). The molecule has 0 radical (unpaired) electrons. The van der Waals surface area contributed by atoms with Gasteiger partial charge in [-0.15, -0.1) is 0 Å². The second kappa shape index (κ2) is 10.9. The molecule has 0 saturated carbocycles. The summed E-state index contributed by atoms with van der Waals surface area (Å²) < 4.78 is 10.4. The number of nitrogens with zero attached hydrogens (tertiary/aromatic N) is 2. The van der Waals surface area contributed by atoms with Gasteiger partial charge in [-0.3, -0.25) is 24.7 Å². The van der Waals surface area contributed by atoms with E-state index < -0.39 is 23.4 Å². The summed E-state index contributed by atoms with van der Waals surface area (Å²) in [6.07, 6.45) is 0. The van der Waals surface area contributed by atoms with Gasteiger partial charge in [-0.25, -0.2) is 4.79 Å². The van der Waals surface area contributed by atoms with E-state index in [0.717, 1.165) is 0 Å². The van der Waals surface area contributed by atoms with Crippen LogP contribution in [0.5, 0.6) is 11.5 Å². The molecule has 0 aromatic heterocycles. The number of nitrogens with one attached hydrogen (secondary N) is 3. The van der Waals surface area contributed by atoms with Crippen molar-refractivity contribution in [2.45, 2.75) is 19.4 Å². The van der Waals surface area contributed by atoms with Crippen molar-refractivity contribution in [1.29, 1.82) is 0 Å². The smallest absolute Gasteiger partial charge is 0.344 e. The van der Waals surface area contributed by atoms with Gasteiger partial charge in [-0.1, -0.05) is 31.2 Å². The number of anilines is 1. The Labute approximate surface area is 203 Å². The van der Waals surface area contributed by atoms with Gasteiger partial charge in [0.2, 0.25) is 5.91 Å². The molecule has 0 aliphatic carbocycles. The van der Waals surface area contributed by atoms with Gasteiger partial charge in [0.1, 0.15) is 17.0 Å². The van der Waals surface area contributed by atoms with Gasteiger partial charge in [-0.2, -0.15) is 5.01 Å². The van der Waals surface area contributed by atoms with Crippen LogP contribution in [0.1, 0.15) is 19.4 Å². The number of imide groups is 1. The van der Waals surface area contributed by atoms with Crippen molar-refractivity contribution in [3.8, 4) is 11.5 Å². The number of para-hydroxylation sites is 2. The number of hydrogen-bond donors (Lipinski definition) is 3. The number of ether oxygens (including phenoxy) is 2. The summed E-state index contributed by atoms with van der Waals surface area (Å²) in [5.74, 6) is -0.557. The van der Waals surface area contributed by atoms with E-state index in [4.69, 9.17) is 9.47 Å². The molecule has 2 aromatic carbocycles. The Morgan fingerprint density at radius 2 is 1.74 bits per heavy atom. The summed E-state index contributed by atoms with van der Waals surface area (Å²) in [5, 5.41) is 6.02. The second-order valence-electron chi connectivity index (χ2n) is 8.01. The topological polar surface area (TPSA) is 129 Å². The number of benzene rings is 2. The molecule has 11 heteroatoms. The standard InChI is InChI=1S/C24H29N5O6/c1-5-28(14-20(30)25-18-11-6-7-12-19(18)35-4)15-21(31)27-29-22(32)24(2,26-23(29)33)16-9-8-10-17(13-16)34-3/h6-13H,5,14-15H2,1-4H3,(H,25,30)(H,26,33)(H,27,31). The molecule has 0 spiro atoms. The average molecular weight is 484 g/mol. The maximum Gasteiger partial charge on any atom is 0.344 e. The number of hydrogen-bond acceptors (Lipinski definition) is 7. The van der Waals surface area contributed by atoms with E-state index in [9.17, 15) is 19.2 Å². The third-order valence-electron chi connectivity index (χ3n) is 5.64. The van der Waals surface area contributed by atoms with Gasteiger partial charge in [0.05, 0.1) is 33.0 Å². The minimum Gasteiger partial charge on any atom is -0.497 e. The van der Waals surface area contributed by atoms with Gasteiger partial charge < -0.3 is 20.1 Å². The lowest BCUT2D eigenvalue weighted by Gasteiger charge is -2.23. The number of carbonyl (C=O) groups excluding carboxylic acids is 4. The highest BCUT2D eigenvalue weighted by molar-refractivity contribution is 6.08. The normalized spacial score (nSPS) is 17.2. The number of carbonyl (C=O) groups is 4. The Morgan fingerprint density at radius 3 is 2.43 bits per heavy atom. The van der Waals surface area contributed by atoms with Gasteiger partial charge >= 0.3 is 6.03 Å². The predicted molar refractivity (Wildman–Crippen MR) is 128 cm³/mol. The zero-order chi connectivity index (χ0) is 25.6. The Balaban J connectivity index is 1.61. The first-order chi connectivity index (χ1) is 16.7. The third kappa shape index (κ3) is 5.69. The van der Waals surface area contributed by atoms with Crippen LogP contribution in [0.3, 0.4) is 0 Å². The lowest BCUT2D eigenvalue weighted by molar-refractivity contribution is -0.139. The fourth-order valence-electron chi connectivity index (χ4n) is 3.65. The van der Waals surface area contributed by atoms with E-state index in [1.807, 2.05) is 0 Å². The molecule has 5 amide bonds. The second-order valence-corrected chi connectivity index (χ2v) is 8.01. The number of methoxy groups -OCH3 is 2. The van der Waals surface area contributed by atoms with E-state index >= 15 is 0 Å². The first-order valence-electron chi connectivity index (χ1n) is 11.0. The largest absolute Gasteiger partial charge is 0.497 e. The Hall–Kier alpha value is -4.12. The summed E-state index contributed by atoms with van der Waals surface area (Å²) in [5.41, 5.74) is 1.99. The maximum absolute atomic E-state index is 13.1. The highest BCUT2D eigenvalue weighted by atomic mass is 16.5. The molecule has 1 aliphatic rings. The molecular weight excluding hydrogens is 454 g/mol. The Bertz CT molecular complexity index is 1120. The molecular formula is C24H29N5O6. The third-order valence-corrected chi connectivity index (χ3v) is 5.64. The lowest BCUT2D eigenvalue weighted by Crippen LogP contribution is -2.51. The molecule has 3 N–H and O–H groups in total. The zero-order valence-electron chi connectivity index (χ0n) is 20.1. The lowest BCUT2D eigenvalue weighted by atomic mass is 9.92. The van der Waals surface area contributed by atoms with Gasteiger partial charge in [0.15, 0.2) is 0 Å². The first kappa shape index (κ1) is 25.5. The van der Waals surface area contributed by atoms with Crippen LogP contribution in [-0.2, 0) is 19.9 Å². The van der Waals surface area contributed by atoms with Crippen LogP contribution < -0.4 is 25.5 Å². The molecule has 1 saturated heterocycles. The van der Waals surface area contributed by atoms with Crippen molar-refractivity contribution in [3.05, 3.63) is 54.1 Å².